The summed E-state index contributed by atoms with van der Waals surface area (Å²) in [6.07, 6.45) is 6.91. The molecule has 1 saturated heterocycles. The predicted octanol–water partition coefficient (Wildman–Crippen LogP) is 3.43. The third-order valence-corrected chi connectivity index (χ3v) is 3.61. The van der Waals surface area contributed by atoms with Crippen LogP contribution in [0.25, 0.3) is 0 Å². The van der Waals surface area contributed by atoms with Crippen molar-refractivity contribution in [1.29, 1.82) is 0 Å². The zero-order chi connectivity index (χ0) is 12.3. The van der Waals surface area contributed by atoms with Crippen LogP contribution in [0.3, 0.4) is 0 Å². The molecule has 0 radical (unpaired) electrons. The summed E-state index contributed by atoms with van der Waals surface area (Å²) in [4.78, 5) is 9.77. The molecule has 1 unspecified atom stereocenters. The van der Waals surface area contributed by atoms with Gasteiger partial charge in [-0.25, -0.2) is 9.97 Å². The van der Waals surface area contributed by atoms with E-state index in [-0.39, 0.29) is 5.15 Å². The van der Waals surface area contributed by atoms with Crippen LogP contribution in [0.1, 0.15) is 39.0 Å². The average Bonchev–Trinajstić information content (AvgIpc) is 2.57. The predicted molar refractivity (Wildman–Crippen MR) is 66.9 cm³/mol. The van der Waals surface area contributed by atoms with Crippen molar-refractivity contribution in [2.24, 2.45) is 0 Å². The van der Waals surface area contributed by atoms with Gasteiger partial charge in [0.25, 0.3) is 0 Å². The summed E-state index contributed by atoms with van der Waals surface area (Å²) in [5.41, 5.74) is 0. The molecule has 0 aromatic carbocycles. The van der Waals surface area contributed by atoms with Gasteiger partial charge in [-0.2, -0.15) is 4.39 Å². The fraction of sp³-hybridized carbons (Fsp3) is 0.667. The van der Waals surface area contributed by atoms with E-state index >= 15 is 0 Å². The first-order valence-corrected chi connectivity index (χ1v) is 6.54. The van der Waals surface area contributed by atoms with Crippen LogP contribution in [0.2, 0.25) is 5.15 Å². The quantitative estimate of drug-likeness (QED) is 0.760. The molecule has 3 nitrogen and oxygen atoms in total. The topological polar surface area (TPSA) is 29.0 Å². The molecular weight excluding hydrogens is 241 g/mol. The van der Waals surface area contributed by atoms with Crippen LogP contribution in [0.15, 0.2) is 6.33 Å². The normalized spacial score (nSPS) is 21.4. The minimum absolute atomic E-state index is 0.0888. The first-order chi connectivity index (χ1) is 8.24. The van der Waals surface area contributed by atoms with E-state index in [1.165, 1.54) is 19.2 Å². The molecule has 0 aliphatic carbocycles. The second-order valence-corrected chi connectivity index (χ2v) is 4.76. The van der Waals surface area contributed by atoms with E-state index in [1.807, 2.05) is 0 Å². The lowest BCUT2D eigenvalue weighted by atomic mass is 10.1. The van der Waals surface area contributed by atoms with Crippen LogP contribution >= 0.6 is 11.6 Å². The molecule has 2 heterocycles. The fourth-order valence-corrected chi connectivity index (χ4v) is 2.55. The Morgan fingerprint density at radius 2 is 2.24 bits per heavy atom. The van der Waals surface area contributed by atoms with Crippen molar-refractivity contribution in [2.75, 3.05) is 11.4 Å². The molecule has 1 aromatic heterocycles. The summed E-state index contributed by atoms with van der Waals surface area (Å²) in [5, 5.41) is -0.0888. The van der Waals surface area contributed by atoms with Crippen LogP contribution in [-0.4, -0.2) is 22.6 Å². The maximum atomic E-state index is 13.9. The Morgan fingerprint density at radius 1 is 1.41 bits per heavy atom. The van der Waals surface area contributed by atoms with Crippen LogP contribution < -0.4 is 4.90 Å². The number of nitrogens with zero attached hydrogens (tertiary/aromatic N) is 3. The maximum absolute atomic E-state index is 13.9. The van der Waals surface area contributed by atoms with E-state index < -0.39 is 5.82 Å². The van der Waals surface area contributed by atoms with Crippen molar-refractivity contribution >= 4 is 17.4 Å². The molecule has 0 amide bonds. The molecular formula is C12H17ClFN3. The van der Waals surface area contributed by atoms with E-state index in [9.17, 15) is 4.39 Å². The third-order valence-electron chi connectivity index (χ3n) is 3.35. The number of aromatic nitrogens is 2. The lowest BCUT2D eigenvalue weighted by Crippen LogP contribution is -2.35. The van der Waals surface area contributed by atoms with E-state index in [1.54, 1.807) is 0 Å². The first-order valence-electron chi connectivity index (χ1n) is 6.16. The van der Waals surface area contributed by atoms with Gasteiger partial charge >= 0.3 is 0 Å². The van der Waals surface area contributed by atoms with Gasteiger partial charge in [0.1, 0.15) is 6.33 Å². The summed E-state index contributed by atoms with van der Waals surface area (Å²) in [6, 6.07) is 0.359. The monoisotopic (exact) mass is 257 g/mol. The van der Waals surface area contributed by atoms with Crippen molar-refractivity contribution in [3.8, 4) is 0 Å². The van der Waals surface area contributed by atoms with Gasteiger partial charge in [-0.15, -0.1) is 0 Å². The Kier molecular flexibility index (Phi) is 4.15. The zero-order valence-electron chi connectivity index (χ0n) is 9.99. The summed E-state index contributed by atoms with van der Waals surface area (Å²) in [6.45, 7) is 2.98. The Hall–Kier alpha value is -0.900. The van der Waals surface area contributed by atoms with Gasteiger partial charge in [0.15, 0.2) is 11.0 Å². The second kappa shape index (κ2) is 5.63. The van der Waals surface area contributed by atoms with Crippen LogP contribution in [0, 0.1) is 5.82 Å². The molecule has 17 heavy (non-hydrogen) atoms. The van der Waals surface area contributed by atoms with Gasteiger partial charge < -0.3 is 4.90 Å². The van der Waals surface area contributed by atoms with Crippen LogP contribution in [0.4, 0.5) is 10.2 Å². The average molecular weight is 258 g/mol. The van der Waals surface area contributed by atoms with Crippen LogP contribution in [0.5, 0.6) is 0 Å². The van der Waals surface area contributed by atoms with Gasteiger partial charge in [-0.1, -0.05) is 31.4 Å². The molecule has 0 saturated carbocycles. The molecule has 1 atom stereocenters. The Bertz CT molecular complexity index is 386. The van der Waals surface area contributed by atoms with Crippen molar-refractivity contribution in [1.82, 2.24) is 9.97 Å². The van der Waals surface area contributed by atoms with Crippen LogP contribution in [-0.2, 0) is 0 Å². The molecule has 5 heteroatoms. The zero-order valence-corrected chi connectivity index (χ0v) is 10.8. The molecule has 1 aromatic rings. The summed E-state index contributed by atoms with van der Waals surface area (Å²) < 4.78 is 13.9. The van der Waals surface area contributed by atoms with E-state index in [0.29, 0.717) is 11.9 Å². The third kappa shape index (κ3) is 2.68. The highest BCUT2D eigenvalue weighted by Gasteiger charge is 2.24. The van der Waals surface area contributed by atoms with Gasteiger partial charge in [0, 0.05) is 12.6 Å². The smallest absolute Gasteiger partial charge is 0.202 e. The van der Waals surface area contributed by atoms with E-state index in [4.69, 9.17) is 11.6 Å². The number of rotatable bonds is 2. The molecule has 1 aliphatic heterocycles. The van der Waals surface area contributed by atoms with Crippen molar-refractivity contribution < 1.29 is 4.39 Å². The Morgan fingerprint density at radius 3 is 3.00 bits per heavy atom. The van der Waals surface area contributed by atoms with Gasteiger partial charge in [0.05, 0.1) is 0 Å². The molecule has 2 rings (SSSR count). The number of halogens is 2. The molecule has 0 spiro atoms. The van der Waals surface area contributed by atoms with Gasteiger partial charge in [-0.05, 0) is 19.3 Å². The highest BCUT2D eigenvalue weighted by molar-refractivity contribution is 6.29. The maximum Gasteiger partial charge on any atom is 0.202 e. The standard InChI is InChI=1S/C12H17ClFN3/c1-2-9-6-4-3-5-7-17(9)12-10(14)11(13)15-8-16-12/h8-9H,2-7H2,1H3. The summed E-state index contributed by atoms with van der Waals surface area (Å²) in [5.74, 6) is -0.131. The first kappa shape index (κ1) is 12.6. The lowest BCUT2D eigenvalue weighted by molar-refractivity contribution is 0.531. The van der Waals surface area contributed by atoms with Gasteiger partial charge in [0.2, 0.25) is 5.82 Å². The number of anilines is 1. The Balaban J connectivity index is 2.31. The molecule has 0 N–H and O–H groups in total. The number of hydrogen-bond acceptors (Lipinski definition) is 3. The molecule has 1 aliphatic rings. The van der Waals surface area contributed by atoms with E-state index in [0.717, 1.165) is 25.8 Å². The summed E-state index contributed by atoms with van der Waals surface area (Å²) >= 11 is 5.71. The SMILES string of the molecule is CCC1CCCCCN1c1ncnc(Cl)c1F. The lowest BCUT2D eigenvalue weighted by Gasteiger charge is -2.30. The van der Waals surface area contributed by atoms with E-state index in [2.05, 4.69) is 21.8 Å². The largest absolute Gasteiger partial charge is 0.351 e. The summed E-state index contributed by atoms with van der Waals surface area (Å²) in [7, 11) is 0. The van der Waals surface area contributed by atoms with Crippen molar-refractivity contribution in [3.05, 3.63) is 17.3 Å². The minimum Gasteiger partial charge on any atom is -0.351 e. The van der Waals surface area contributed by atoms with Crippen molar-refractivity contribution in [2.45, 2.75) is 45.1 Å². The highest BCUT2D eigenvalue weighted by atomic mass is 35.5. The molecule has 0 bridgehead atoms. The molecule has 94 valence electrons. The molecule has 1 fully saturated rings. The second-order valence-electron chi connectivity index (χ2n) is 4.41. The van der Waals surface area contributed by atoms with Gasteiger partial charge in [-0.3, -0.25) is 0 Å². The minimum atomic E-state index is -0.491. The highest BCUT2D eigenvalue weighted by Crippen LogP contribution is 2.28. The fourth-order valence-electron chi connectivity index (χ4n) is 2.42. The Labute approximate surface area is 106 Å². The number of hydrogen-bond donors (Lipinski definition) is 0. The van der Waals surface area contributed by atoms with Crippen molar-refractivity contribution in [3.63, 3.8) is 0 Å².